The summed E-state index contributed by atoms with van der Waals surface area (Å²) in [5.74, 6) is -0.248. The first-order valence-electron chi connectivity index (χ1n) is 7.81. The lowest BCUT2D eigenvalue weighted by atomic mass is 10.1. The monoisotopic (exact) mass is 325 g/mol. The number of pyridine rings is 1. The van der Waals surface area contributed by atoms with Gasteiger partial charge in [-0.05, 0) is 49.2 Å². The van der Waals surface area contributed by atoms with E-state index in [0.717, 1.165) is 28.2 Å². The molecule has 0 saturated heterocycles. The molecule has 0 bridgehead atoms. The Kier molecular flexibility index (Phi) is 4.09. The van der Waals surface area contributed by atoms with Crippen molar-refractivity contribution in [3.63, 3.8) is 0 Å². The lowest BCUT2D eigenvalue weighted by molar-refractivity contribution is -0.128. The van der Waals surface area contributed by atoms with Crippen LogP contribution in [0.25, 0.3) is 16.9 Å². The Bertz CT molecular complexity index is 928. The van der Waals surface area contributed by atoms with Crippen molar-refractivity contribution in [2.45, 2.75) is 20.3 Å². The van der Waals surface area contributed by atoms with Crippen molar-refractivity contribution in [2.75, 3.05) is 14.1 Å². The average molecular weight is 325 g/mol. The fourth-order valence-electron chi connectivity index (χ4n) is 2.69. The molecule has 4 nitrogen and oxygen atoms in total. The molecule has 0 aliphatic heterocycles. The van der Waals surface area contributed by atoms with Gasteiger partial charge < -0.3 is 9.30 Å². The third-order valence-corrected chi connectivity index (χ3v) is 4.11. The number of hydrogen-bond donors (Lipinski definition) is 0. The average Bonchev–Trinajstić information content (AvgIpc) is 2.88. The Morgan fingerprint density at radius 2 is 1.96 bits per heavy atom. The zero-order chi connectivity index (χ0) is 17.4. The molecule has 0 unspecified atom stereocenters. The number of hydrogen-bond acceptors (Lipinski definition) is 2. The Hall–Kier alpha value is -2.69. The number of amides is 1. The summed E-state index contributed by atoms with van der Waals surface area (Å²) in [6.45, 7) is 3.72. The fourth-order valence-corrected chi connectivity index (χ4v) is 2.69. The molecule has 24 heavy (non-hydrogen) atoms. The number of fused-ring (bicyclic) bond motifs is 1. The molecule has 0 aliphatic rings. The van der Waals surface area contributed by atoms with Crippen LogP contribution in [0.3, 0.4) is 0 Å². The van der Waals surface area contributed by atoms with Crippen molar-refractivity contribution in [1.82, 2.24) is 14.3 Å². The number of halogens is 1. The molecule has 1 amide bonds. The zero-order valence-electron chi connectivity index (χ0n) is 14.3. The van der Waals surface area contributed by atoms with Crippen molar-refractivity contribution in [1.29, 1.82) is 0 Å². The molecular formula is C19H20FN3O. The second kappa shape index (κ2) is 6.07. The molecular weight excluding hydrogens is 305 g/mol. The maximum atomic E-state index is 13.6. The van der Waals surface area contributed by atoms with Gasteiger partial charge in [-0.3, -0.25) is 4.79 Å². The summed E-state index contributed by atoms with van der Waals surface area (Å²) in [7, 11) is 3.47. The van der Waals surface area contributed by atoms with Crippen LogP contribution in [-0.4, -0.2) is 34.3 Å². The van der Waals surface area contributed by atoms with Gasteiger partial charge in [-0.25, -0.2) is 9.37 Å². The molecule has 5 heteroatoms. The van der Waals surface area contributed by atoms with Crippen LogP contribution >= 0.6 is 0 Å². The molecule has 2 heterocycles. The smallest absolute Gasteiger partial charge is 0.228 e. The third-order valence-electron chi connectivity index (χ3n) is 4.11. The molecule has 1 aromatic carbocycles. The maximum absolute atomic E-state index is 13.6. The highest BCUT2D eigenvalue weighted by Gasteiger charge is 2.18. The third kappa shape index (κ3) is 2.89. The second-order valence-electron chi connectivity index (χ2n) is 6.27. The lowest BCUT2D eigenvalue weighted by Crippen LogP contribution is -2.24. The van der Waals surface area contributed by atoms with E-state index in [-0.39, 0.29) is 18.1 Å². The molecule has 3 rings (SSSR count). The van der Waals surface area contributed by atoms with E-state index in [9.17, 15) is 9.18 Å². The highest BCUT2D eigenvalue weighted by atomic mass is 19.1. The number of carbonyl (C=O) groups is 1. The molecule has 0 spiro atoms. The minimum atomic E-state index is -0.246. The van der Waals surface area contributed by atoms with Gasteiger partial charge in [0, 0.05) is 25.9 Å². The van der Waals surface area contributed by atoms with E-state index in [2.05, 4.69) is 4.98 Å². The molecule has 124 valence electrons. The summed E-state index contributed by atoms with van der Waals surface area (Å²) in [6, 6.07) is 8.84. The molecule has 0 aliphatic carbocycles. The first-order chi connectivity index (χ1) is 11.4. The highest BCUT2D eigenvalue weighted by Crippen LogP contribution is 2.27. The topological polar surface area (TPSA) is 37.6 Å². The minimum absolute atomic E-state index is 0.00149. The predicted octanol–water partition coefficient (Wildman–Crippen LogP) is 3.39. The first kappa shape index (κ1) is 16.2. The molecule has 3 aromatic rings. The van der Waals surface area contributed by atoms with Crippen molar-refractivity contribution in [3.05, 3.63) is 59.2 Å². The summed E-state index contributed by atoms with van der Waals surface area (Å²) in [5, 5.41) is 0. The molecule has 0 saturated carbocycles. The summed E-state index contributed by atoms with van der Waals surface area (Å²) in [5.41, 5.74) is 4.78. The van der Waals surface area contributed by atoms with E-state index < -0.39 is 0 Å². The van der Waals surface area contributed by atoms with Gasteiger partial charge in [-0.2, -0.15) is 0 Å². The zero-order valence-corrected chi connectivity index (χ0v) is 14.3. The Morgan fingerprint density at radius 1 is 1.21 bits per heavy atom. The molecule has 0 atom stereocenters. The predicted molar refractivity (Wildman–Crippen MR) is 92.5 cm³/mol. The Labute approximate surface area is 140 Å². The van der Waals surface area contributed by atoms with Crippen LogP contribution in [0.2, 0.25) is 0 Å². The standard InChI is InChI=1S/C19H20FN3O/c1-12-5-8-17-21-19(14-6-7-15(20)13(2)9-14)16(23(17)11-12)10-18(24)22(3)4/h5-9,11H,10H2,1-4H3. The van der Waals surface area contributed by atoms with Crippen LogP contribution in [0, 0.1) is 19.7 Å². The van der Waals surface area contributed by atoms with Crippen LogP contribution in [0.5, 0.6) is 0 Å². The summed E-state index contributed by atoms with van der Waals surface area (Å²) in [6.07, 6.45) is 2.21. The number of benzene rings is 1. The van der Waals surface area contributed by atoms with Gasteiger partial charge in [0.1, 0.15) is 11.5 Å². The van der Waals surface area contributed by atoms with Crippen molar-refractivity contribution in [3.8, 4) is 11.3 Å². The van der Waals surface area contributed by atoms with Gasteiger partial charge in [0.2, 0.25) is 5.91 Å². The van der Waals surface area contributed by atoms with Gasteiger partial charge in [-0.15, -0.1) is 0 Å². The SMILES string of the molecule is Cc1ccc2nc(-c3ccc(F)c(C)c3)c(CC(=O)N(C)C)n2c1. The number of aryl methyl sites for hydroxylation is 2. The molecule has 0 radical (unpaired) electrons. The van der Waals surface area contributed by atoms with E-state index in [1.165, 1.54) is 6.07 Å². The van der Waals surface area contributed by atoms with Crippen LogP contribution in [0.15, 0.2) is 36.5 Å². The van der Waals surface area contributed by atoms with Gasteiger partial charge >= 0.3 is 0 Å². The van der Waals surface area contributed by atoms with E-state index in [1.807, 2.05) is 29.7 Å². The summed E-state index contributed by atoms with van der Waals surface area (Å²) in [4.78, 5) is 18.5. The first-order valence-corrected chi connectivity index (χ1v) is 7.81. The van der Waals surface area contributed by atoms with Gasteiger partial charge in [0.05, 0.1) is 17.8 Å². The van der Waals surface area contributed by atoms with Gasteiger partial charge in [0.25, 0.3) is 0 Å². The number of imidazole rings is 1. The lowest BCUT2D eigenvalue weighted by Gasteiger charge is -2.11. The van der Waals surface area contributed by atoms with Gasteiger partial charge in [0.15, 0.2) is 0 Å². The largest absolute Gasteiger partial charge is 0.348 e. The highest BCUT2D eigenvalue weighted by molar-refractivity contribution is 5.81. The number of aromatic nitrogens is 2. The summed E-state index contributed by atoms with van der Waals surface area (Å²) < 4.78 is 15.6. The Balaban J connectivity index is 2.22. The Morgan fingerprint density at radius 3 is 2.62 bits per heavy atom. The number of likely N-dealkylation sites (N-methyl/N-ethyl adjacent to an activating group) is 1. The minimum Gasteiger partial charge on any atom is -0.348 e. The van der Waals surface area contributed by atoms with E-state index in [0.29, 0.717) is 5.56 Å². The van der Waals surface area contributed by atoms with Crippen molar-refractivity contribution >= 4 is 11.6 Å². The number of rotatable bonds is 3. The fraction of sp³-hybridized carbons (Fsp3) is 0.263. The van der Waals surface area contributed by atoms with Gasteiger partial charge in [-0.1, -0.05) is 6.07 Å². The number of nitrogens with zero attached hydrogens (tertiary/aromatic N) is 3. The second-order valence-corrected chi connectivity index (χ2v) is 6.27. The quantitative estimate of drug-likeness (QED) is 0.740. The van der Waals surface area contributed by atoms with Crippen LogP contribution in [-0.2, 0) is 11.2 Å². The van der Waals surface area contributed by atoms with Crippen molar-refractivity contribution < 1.29 is 9.18 Å². The molecule has 2 aromatic heterocycles. The van der Waals surface area contributed by atoms with Crippen molar-refractivity contribution in [2.24, 2.45) is 0 Å². The summed E-state index contributed by atoms with van der Waals surface area (Å²) >= 11 is 0. The number of carbonyl (C=O) groups excluding carboxylic acids is 1. The van der Waals surface area contributed by atoms with E-state index in [1.54, 1.807) is 38.1 Å². The van der Waals surface area contributed by atoms with E-state index in [4.69, 9.17) is 0 Å². The van der Waals surface area contributed by atoms with Crippen LogP contribution < -0.4 is 0 Å². The molecule has 0 N–H and O–H groups in total. The molecule has 0 fully saturated rings. The normalized spacial score (nSPS) is 11.0. The maximum Gasteiger partial charge on any atom is 0.228 e. The van der Waals surface area contributed by atoms with Crippen LogP contribution in [0.1, 0.15) is 16.8 Å². The van der Waals surface area contributed by atoms with Crippen LogP contribution in [0.4, 0.5) is 4.39 Å². The van der Waals surface area contributed by atoms with E-state index >= 15 is 0 Å².